The predicted molar refractivity (Wildman–Crippen MR) is 86.0 cm³/mol. The van der Waals surface area contributed by atoms with Gasteiger partial charge in [-0.25, -0.2) is 12.8 Å². The van der Waals surface area contributed by atoms with Crippen molar-refractivity contribution >= 4 is 27.5 Å². The number of carbonyl (C=O) groups is 1. The van der Waals surface area contributed by atoms with Gasteiger partial charge >= 0.3 is 0 Å². The number of carbonyl (C=O) groups excluding carboxylic acids is 1. The first-order valence-corrected chi connectivity index (χ1v) is 9.31. The van der Waals surface area contributed by atoms with Crippen molar-refractivity contribution in [2.24, 2.45) is 5.73 Å². The van der Waals surface area contributed by atoms with Crippen molar-refractivity contribution in [3.63, 3.8) is 0 Å². The number of amides is 1. The first-order valence-electron chi connectivity index (χ1n) is 6.84. The molecule has 0 radical (unpaired) electrons. The molecule has 1 aromatic carbocycles. The minimum atomic E-state index is -4.09. The van der Waals surface area contributed by atoms with Gasteiger partial charge in [-0.3, -0.25) is 4.79 Å². The van der Waals surface area contributed by atoms with E-state index in [2.05, 4.69) is 4.98 Å². The quantitative estimate of drug-likeness (QED) is 0.514. The summed E-state index contributed by atoms with van der Waals surface area (Å²) in [6, 6.07) is 7.42. The van der Waals surface area contributed by atoms with E-state index in [9.17, 15) is 17.6 Å². The van der Waals surface area contributed by atoms with Crippen molar-refractivity contribution in [3.05, 3.63) is 48.5 Å². The lowest BCUT2D eigenvalue weighted by atomic mass is 10.4. The number of benzene rings is 1. The van der Waals surface area contributed by atoms with E-state index in [4.69, 9.17) is 14.6 Å². The Morgan fingerprint density at radius 1 is 1.24 bits per heavy atom. The third-order valence-electron chi connectivity index (χ3n) is 3.02. The smallest absolute Gasteiger partial charge is 0.265 e. The van der Waals surface area contributed by atoms with E-state index < -0.39 is 26.6 Å². The maximum atomic E-state index is 13.1. The van der Waals surface area contributed by atoms with Crippen LogP contribution < -0.4 is 5.73 Å². The Morgan fingerprint density at radius 2 is 1.96 bits per heavy atom. The number of sulfone groups is 1. The van der Waals surface area contributed by atoms with Crippen LogP contribution in [0.5, 0.6) is 0 Å². The summed E-state index contributed by atoms with van der Waals surface area (Å²) in [4.78, 5) is 14.8. The predicted octanol–water partition coefficient (Wildman–Crippen LogP) is 2.48. The number of halogens is 1. The van der Waals surface area contributed by atoms with Crippen molar-refractivity contribution in [1.82, 2.24) is 4.98 Å². The molecule has 7 nitrogen and oxygen atoms in total. The van der Waals surface area contributed by atoms with Crippen molar-refractivity contribution < 1.29 is 26.4 Å². The monoisotopic (exact) mass is 382 g/mol. The molecule has 0 atom stereocenters. The summed E-state index contributed by atoms with van der Waals surface area (Å²) in [6.45, 7) is 0. The van der Waals surface area contributed by atoms with Gasteiger partial charge in [-0.1, -0.05) is 11.8 Å². The van der Waals surface area contributed by atoms with Gasteiger partial charge in [0, 0.05) is 0 Å². The van der Waals surface area contributed by atoms with Crippen molar-refractivity contribution in [3.8, 4) is 11.7 Å². The summed E-state index contributed by atoms with van der Waals surface area (Å²) in [5, 5.41) is -0.494. The maximum Gasteiger partial charge on any atom is 0.265 e. The van der Waals surface area contributed by atoms with E-state index in [1.54, 1.807) is 12.1 Å². The van der Waals surface area contributed by atoms with Crippen LogP contribution in [0, 0.1) is 5.82 Å². The van der Waals surface area contributed by atoms with Crippen LogP contribution in [-0.4, -0.2) is 25.1 Å². The zero-order valence-corrected chi connectivity index (χ0v) is 14.1. The molecule has 2 N–H and O–H groups in total. The number of hydrogen-bond donors (Lipinski definition) is 1. The fraction of sp³-hybridized carbons (Fsp3) is 0.0667. The summed E-state index contributed by atoms with van der Waals surface area (Å²) >= 11 is 0.799. The number of furan rings is 1. The lowest BCUT2D eigenvalue weighted by Gasteiger charge is -2.02. The minimum Gasteiger partial charge on any atom is -0.459 e. The highest BCUT2D eigenvalue weighted by Crippen LogP contribution is 2.34. The summed E-state index contributed by atoms with van der Waals surface area (Å²) < 4.78 is 49.2. The molecule has 0 aliphatic carbocycles. The number of oxazole rings is 1. The molecular weight excluding hydrogens is 371 g/mol. The number of hydrogen-bond acceptors (Lipinski definition) is 7. The second-order valence-electron chi connectivity index (χ2n) is 4.80. The number of aromatic nitrogens is 1. The summed E-state index contributed by atoms with van der Waals surface area (Å²) in [5.74, 6) is -1.25. The molecule has 0 saturated heterocycles. The van der Waals surface area contributed by atoms with E-state index in [0.717, 1.165) is 36.0 Å². The Morgan fingerprint density at radius 3 is 2.56 bits per heavy atom. The van der Waals surface area contributed by atoms with Gasteiger partial charge in [0.05, 0.1) is 16.9 Å². The van der Waals surface area contributed by atoms with Crippen molar-refractivity contribution in [2.75, 3.05) is 5.75 Å². The molecule has 0 bridgehead atoms. The lowest BCUT2D eigenvalue weighted by molar-refractivity contribution is -0.115. The van der Waals surface area contributed by atoms with Crippen LogP contribution in [0.3, 0.4) is 0 Å². The third-order valence-corrected chi connectivity index (χ3v) is 5.80. The average molecular weight is 382 g/mol. The van der Waals surface area contributed by atoms with Crippen LogP contribution in [-0.2, 0) is 14.6 Å². The molecule has 10 heteroatoms. The lowest BCUT2D eigenvalue weighted by Crippen LogP contribution is -2.13. The Bertz CT molecular complexity index is 995. The van der Waals surface area contributed by atoms with Gasteiger partial charge in [0.2, 0.25) is 25.9 Å². The number of primary amides is 1. The molecule has 0 aliphatic rings. The fourth-order valence-corrected chi connectivity index (χ4v) is 4.19. The van der Waals surface area contributed by atoms with E-state index in [1.807, 2.05) is 0 Å². The molecule has 1 amide bonds. The van der Waals surface area contributed by atoms with Crippen LogP contribution in [0.1, 0.15) is 0 Å². The van der Waals surface area contributed by atoms with Crippen LogP contribution in [0.4, 0.5) is 4.39 Å². The standard InChI is InChI=1S/C15H11FN2O5S2/c16-9-3-5-10(6-4-9)25(20,21)14-15(24-8-12(17)19)23-13(18-14)11-2-1-7-22-11/h1-7H,8H2,(H2,17,19). The van der Waals surface area contributed by atoms with E-state index in [1.165, 1.54) is 6.26 Å². The normalized spacial score (nSPS) is 11.6. The Hall–Kier alpha value is -2.59. The fourth-order valence-electron chi connectivity index (χ4n) is 1.92. The highest BCUT2D eigenvalue weighted by Gasteiger charge is 2.29. The van der Waals surface area contributed by atoms with Gasteiger partial charge in [-0.05, 0) is 36.4 Å². The van der Waals surface area contributed by atoms with Crippen LogP contribution in [0.25, 0.3) is 11.7 Å². The third kappa shape index (κ3) is 3.59. The van der Waals surface area contributed by atoms with E-state index in [0.29, 0.717) is 0 Å². The van der Waals surface area contributed by atoms with Gasteiger partial charge in [-0.15, -0.1) is 0 Å². The van der Waals surface area contributed by atoms with Crippen molar-refractivity contribution in [1.29, 1.82) is 0 Å². The van der Waals surface area contributed by atoms with Crippen LogP contribution in [0.2, 0.25) is 0 Å². The van der Waals surface area contributed by atoms with Gasteiger partial charge in [-0.2, -0.15) is 4.98 Å². The van der Waals surface area contributed by atoms with Gasteiger partial charge in [0.1, 0.15) is 5.82 Å². The van der Waals surface area contributed by atoms with Crippen LogP contribution >= 0.6 is 11.8 Å². The second kappa shape index (κ2) is 6.73. The molecule has 2 aromatic heterocycles. The SMILES string of the molecule is NC(=O)CSc1oc(-c2ccco2)nc1S(=O)(=O)c1ccc(F)cc1. The largest absolute Gasteiger partial charge is 0.459 e. The Labute approximate surface area is 145 Å². The van der Waals surface area contributed by atoms with Gasteiger partial charge in [0.15, 0.2) is 5.76 Å². The summed E-state index contributed by atoms with van der Waals surface area (Å²) in [7, 11) is -4.09. The number of nitrogens with zero attached hydrogens (tertiary/aromatic N) is 1. The molecule has 0 fully saturated rings. The molecule has 0 aliphatic heterocycles. The Kier molecular flexibility index (Phi) is 4.64. The molecule has 3 aromatic rings. The van der Waals surface area contributed by atoms with E-state index in [-0.39, 0.29) is 27.4 Å². The number of nitrogens with two attached hydrogens (primary N) is 1. The zero-order chi connectivity index (χ0) is 18.0. The highest BCUT2D eigenvalue weighted by molar-refractivity contribution is 8.00. The van der Waals surface area contributed by atoms with E-state index >= 15 is 0 Å². The van der Waals surface area contributed by atoms with Gasteiger partial charge < -0.3 is 14.6 Å². The zero-order valence-electron chi connectivity index (χ0n) is 12.5. The number of thioether (sulfide) groups is 1. The van der Waals surface area contributed by atoms with Crippen LogP contribution in [0.15, 0.2) is 66.5 Å². The molecule has 0 spiro atoms. The average Bonchev–Trinajstić information content (AvgIpc) is 3.23. The molecule has 25 heavy (non-hydrogen) atoms. The molecule has 0 unspecified atom stereocenters. The minimum absolute atomic E-state index is 0.0577. The van der Waals surface area contributed by atoms with Gasteiger partial charge in [0.25, 0.3) is 5.89 Å². The highest BCUT2D eigenvalue weighted by atomic mass is 32.2. The Balaban J connectivity index is 2.09. The topological polar surface area (TPSA) is 116 Å². The molecule has 3 rings (SSSR count). The van der Waals surface area contributed by atoms with Crippen molar-refractivity contribution in [2.45, 2.75) is 15.0 Å². The summed E-state index contributed by atoms with van der Waals surface area (Å²) in [6.07, 6.45) is 1.38. The first kappa shape index (κ1) is 17.2. The molecule has 2 heterocycles. The molecular formula is C15H11FN2O5S2. The molecule has 130 valence electrons. The first-order chi connectivity index (χ1) is 11.9. The second-order valence-corrected chi connectivity index (χ2v) is 7.61. The maximum absolute atomic E-state index is 13.1. The summed E-state index contributed by atoms with van der Waals surface area (Å²) in [5.41, 5.74) is 5.10. The molecule has 0 saturated carbocycles. The number of rotatable bonds is 6.